The summed E-state index contributed by atoms with van der Waals surface area (Å²) in [6.07, 6.45) is 0. The number of aryl methyl sites for hydroxylation is 2. The maximum Gasteiger partial charge on any atom is 0.273 e. The molecule has 0 aliphatic carbocycles. The molecule has 2 amide bonds. The third-order valence-corrected chi connectivity index (χ3v) is 5.86. The van der Waals surface area contributed by atoms with E-state index in [0.29, 0.717) is 11.4 Å². The summed E-state index contributed by atoms with van der Waals surface area (Å²) in [6, 6.07) is 13.9. The summed E-state index contributed by atoms with van der Waals surface area (Å²) in [5.74, 6) is -0.457. The number of nitro groups is 1. The van der Waals surface area contributed by atoms with E-state index in [1.54, 1.807) is 11.6 Å². The van der Waals surface area contributed by atoms with Gasteiger partial charge < -0.3 is 15.0 Å². The van der Waals surface area contributed by atoms with Crippen molar-refractivity contribution in [3.8, 4) is 5.69 Å². The smallest absolute Gasteiger partial charge is 0.273 e. The van der Waals surface area contributed by atoms with Crippen LogP contribution in [0, 0.1) is 24.0 Å². The fourth-order valence-corrected chi connectivity index (χ4v) is 3.65. The van der Waals surface area contributed by atoms with Crippen molar-refractivity contribution in [2.75, 3.05) is 32.1 Å². The van der Waals surface area contributed by atoms with Gasteiger partial charge in [-0.05, 0) is 32.0 Å². The number of amides is 2. The minimum atomic E-state index is -0.530. The van der Waals surface area contributed by atoms with Crippen molar-refractivity contribution in [3.05, 3.63) is 81.0 Å². The van der Waals surface area contributed by atoms with E-state index in [-0.39, 0.29) is 36.4 Å². The van der Waals surface area contributed by atoms with Crippen LogP contribution in [-0.4, -0.2) is 58.2 Å². The summed E-state index contributed by atoms with van der Waals surface area (Å²) in [5.41, 5.74) is 2.84. The Hall–Kier alpha value is -4.05. The van der Waals surface area contributed by atoms with Crippen molar-refractivity contribution >= 4 is 23.3 Å². The zero-order valence-corrected chi connectivity index (χ0v) is 22.1. The maximum absolute atomic E-state index is 13.2. The van der Waals surface area contributed by atoms with Gasteiger partial charge in [0.2, 0.25) is 5.91 Å². The van der Waals surface area contributed by atoms with Crippen LogP contribution < -0.4 is 5.32 Å². The van der Waals surface area contributed by atoms with E-state index in [2.05, 4.69) is 5.32 Å². The highest BCUT2D eigenvalue weighted by molar-refractivity contribution is 5.99. The van der Waals surface area contributed by atoms with Crippen molar-refractivity contribution in [2.24, 2.45) is 0 Å². The van der Waals surface area contributed by atoms with Crippen LogP contribution in [-0.2, 0) is 14.9 Å². The lowest BCUT2D eigenvalue weighted by atomic mass is 9.92. The number of ether oxygens (including phenoxy) is 1. The first-order chi connectivity index (χ1) is 17.4. The highest BCUT2D eigenvalue weighted by Crippen LogP contribution is 2.26. The highest BCUT2D eigenvalue weighted by atomic mass is 16.6. The molecule has 0 aliphatic heterocycles. The van der Waals surface area contributed by atoms with Gasteiger partial charge in [0, 0.05) is 42.3 Å². The molecule has 0 radical (unpaired) electrons. The maximum atomic E-state index is 13.2. The molecule has 0 saturated heterocycles. The van der Waals surface area contributed by atoms with Gasteiger partial charge in [-0.15, -0.1) is 0 Å². The molecule has 10 heteroatoms. The minimum absolute atomic E-state index is 0.126. The summed E-state index contributed by atoms with van der Waals surface area (Å²) < 4.78 is 6.79. The van der Waals surface area contributed by atoms with Crippen LogP contribution in [0.3, 0.4) is 0 Å². The molecule has 0 bridgehead atoms. The van der Waals surface area contributed by atoms with E-state index < -0.39 is 16.7 Å². The lowest BCUT2D eigenvalue weighted by molar-refractivity contribution is -0.385. The van der Waals surface area contributed by atoms with Gasteiger partial charge >= 0.3 is 0 Å². The van der Waals surface area contributed by atoms with Crippen molar-refractivity contribution in [1.82, 2.24) is 14.7 Å². The van der Waals surface area contributed by atoms with Gasteiger partial charge in [0.1, 0.15) is 12.4 Å². The molecule has 1 N–H and O–H groups in total. The fraction of sp³-hybridized carbons (Fsp3) is 0.370. The molecular weight excluding hydrogens is 474 g/mol. The standard InChI is InChI=1S/C27H33N5O5/c1-18-7-11-21(12-8-18)31-24(16-23(29-31)27(3,4)5)28-25(33)17-30(13-14-37-6)26(34)20-10-9-19(2)22(15-20)32(35)36/h7-12,15-16H,13-14,17H2,1-6H3,(H,28,33). The van der Waals surface area contributed by atoms with E-state index in [0.717, 1.165) is 16.9 Å². The molecule has 1 heterocycles. The van der Waals surface area contributed by atoms with E-state index >= 15 is 0 Å². The Balaban J connectivity index is 1.88. The van der Waals surface area contributed by atoms with E-state index in [4.69, 9.17) is 9.84 Å². The van der Waals surface area contributed by atoms with E-state index in [9.17, 15) is 19.7 Å². The number of hydrogen-bond donors (Lipinski definition) is 1. The lowest BCUT2D eigenvalue weighted by Gasteiger charge is -2.22. The van der Waals surface area contributed by atoms with Crippen molar-refractivity contribution in [1.29, 1.82) is 0 Å². The predicted molar refractivity (Wildman–Crippen MR) is 141 cm³/mol. The molecule has 196 valence electrons. The number of nitrogens with zero attached hydrogens (tertiary/aromatic N) is 4. The lowest BCUT2D eigenvalue weighted by Crippen LogP contribution is -2.40. The molecule has 37 heavy (non-hydrogen) atoms. The van der Waals surface area contributed by atoms with Gasteiger partial charge in [0.15, 0.2) is 0 Å². The third kappa shape index (κ3) is 6.79. The SMILES string of the molecule is COCCN(CC(=O)Nc1cc(C(C)(C)C)nn1-c1ccc(C)cc1)C(=O)c1ccc(C)c([N+](=O)[O-])c1. The number of methoxy groups -OCH3 is 1. The van der Waals surface area contributed by atoms with Crippen LogP contribution >= 0.6 is 0 Å². The number of benzene rings is 2. The Morgan fingerprint density at radius 1 is 1.11 bits per heavy atom. The zero-order chi connectivity index (χ0) is 27.3. The van der Waals surface area contributed by atoms with Gasteiger partial charge in [-0.1, -0.05) is 44.5 Å². The van der Waals surface area contributed by atoms with Gasteiger partial charge in [-0.3, -0.25) is 19.7 Å². The largest absolute Gasteiger partial charge is 0.383 e. The Bertz CT molecular complexity index is 1290. The van der Waals surface area contributed by atoms with Crippen LogP contribution in [0.1, 0.15) is 48.0 Å². The van der Waals surface area contributed by atoms with Gasteiger partial charge in [-0.25, -0.2) is 4.68 Å². The Kier molecular flexibility index (Phi) is 8.44. The quantitative estimate of drug-likeness (QED) is 0.338. The number of anilines is 1. The normalized spacial score (nSPS) is 11.3. The molecule has 3 rings (SSSR count). The average molecular weight is 508 g/mol. The van der Waals surface area contributed by atoms with Crippen LogP contribution in [0.5, 0.6) is 0 Å². The number of nitrogens with one attached hydrogen (secondary N) is 1. The van der Waals surface area contributed by atoms with Gasteiger partial charge in [0.25, 0.3) is 11.6 Å². The Morgan fingerprint density at radius 2 is 1.78 bits per heavy atom. The zero-order valence-electron chi connectivity index (χ0n) is 22.1. The van der Waals surface area contributed by atoms with Crippen LogP contribution in [0.2, 0.25) is 0 Å². The van der Waals surface area contributed by atoms with Crippen molar-refractivity contribution < 1.29 is 19.2 Å². The Labute approximate surface area is 216 Å². The Morgan fingerprint density at radius 3 is 2.38 bits per heavy atom. The number of carbonyl (C=O) groups is 2. The summed E-state index contributed by atoms with van der Waals surface area (Å²) in [7, 11) is 1.49. The van der Waals surface area contributed by atoms with Crippen LogP contribution in [0.25, 0.3) is 5.69 Å². The average Bonchev–Trinajstić information content (AvgIpc) is 3.26. The molecule has 10 nitrogen and oxygen atoms in total. The van der Waals surface area contributed by atoms with Crippen LogP contribution in [0.15, 0.2) is 48.5 Å². The fourth-order valence-electron chi connectivity index (χ4n) is 3.65. The van der Waals surface area contributed by atoms with Crippen molar-refractivity contribution in [2.45, 2.75) is 40.0 Å². The molecule has 3 aromatic rings. The first kappa shape index (κ1) is 27.5. The molecule has 0 unspecified atom stereocenters. The third-order valence-electron chi connectivity index (χ3n) is 5.86. The second kappa shape index (κ2) is 11.3. The summed E-state index contributed by atoms with van der Waals surface area (Å²) >= 11 is 0. The molecule has 0 aliphatic rings. The number of rotatable bonds is 9. The molecule has 0 saturated carbocycles. The number of carbonyl (C=O) groups excluding carboxylic acids is 2. The molecular formula is C27H33N5O5. The molecule has 0 atom stereocenters. The summed E-state index contributed by atoms with van der Waals surface area (Å²) in [4.78, 5) is 38.5. The van der Waals surface area contributed by atoms with E-state index in [1.807, 2.05) is 58.0 Å². The second-order valence-corrected chi connectivity index (χ2v) is 9.94. The second-order valence-electron chi connectivity index (χ2n) is 9.94. The molecule has 1 aromatic heterocycles. The first-order valence-electron chi connectivity index (χ1n) is 11.9. The topological polar surface area (TPSA) is 120 Å². The van der Waals surface area contributed by atoms with E-state index in [1.165, 1.54) is 30.2 Å². The summed E-state index contributed by atoms with van der Waals surface area (Å²) in [6.45, 7) is 9.76. The molecule has 0 spiro atoms. The number of nitro benzene ring substituents is 1. The number of aromatic nitrogens is 2. The molecule has 0 fully saturated rings. The predicted octanol–water partition coefficient (Wildman–Crippen LogP) is 4.42. The first-order valence-corrected chi connectivity index (χ1v) is 11.9. The van der Waals surface area contributed by atoms with Gasteiger partial charge in [0.05, 0.1) is 22.9 Å². The van der Waals surface area contributed by atoms with Crippen molar-refractivity contribution in [3.63, 3.8) is 0 Å². The van der Waals surface area contributed by atoms with Gasteiger partial charge in [-0.2, -0.15) is 5.10 Å². The molecule has 2 aromatic carbocycles. The minimum Gasteiger partial charge on any atom is -0.383 e. The number of hydrogen-bond acceptors (Lipinski definition) is 6. The highest BCUT2D eigenvalue weighted by Gasteiger charge is 2.24. The summed E-state index contributed by atoms with van der Waals surface area (Å²) in [5, 5.41) is 19.0. The monoisotopic (exact) mass is 507 g/mol. The van der Waals surface area contributed by atoms with Crippen LogP contribution in [0.4, 0.5) is 11.5 Å².